The molecule has 0 aliphatic rings. The van der Waals surface area contributed by atoms with Gasteiger partial charge in [-0.1, -0.05) is 233 Å². The molecule has 0 saturated carbocycles. The van der Waals surface area contributed by atoms with Crippen LogP contribution in [0.1, 0.15) is 249 Å². The van der Waals surface area contributed by atoms with Crippen LogP contribution in [0, 0.1) is 17.8 Å². The lowest BCUT2D eigenvalue weighted by Gasteiger charge is -2.19. The van der Waals surface area contributed by atoms with Gasteiger partial charge in [0.1, 0.15) is 32.7 Å². The highest BCUT2D eigenvalue weighted by Gasteiger charge is 2.25. The SMILES string of the molecule is CC(=O)N(CC(=O)OC(C)C)C(=O)c1ccccc1.CC(C)CC(C)OC(=O)CNC(=O)c1ccccc1.CC(C)OC(=O)CNC(=O)c1ccccc1.CCCCC(CC)COC(=O)CNC(=O)CCc1ccccc1.CCCCC(CC)COC(=O)CNC(=O)c1ccccc1.CCCCNC(=O)CNC(=O)c1ccccc1.CCN(CC)C(=O)CNC(=O)c1ccccc1. The summed E-state index contributed by atoms with van der Waals surface area (Å²) in [6, 6.07) is 62.2. The van der Waals surface area contributed by atoms with E-state index in [2.05, 4.69) is 85.7 Å². The lowest BCUT2D eigenvalue weighted by molar-refractivity contribution is -0.150. The molecule has 0 aromatic heterocycles. The molecule has 0 spiro atoms. The maximum absolute atomic E-state index is 12.1. The summed E-state index contributed by atoms with van der Waals surface area (Å²) in [4.78, 5) is 177. The largest absolute Gasteiger partial charge is 0.464 e. The number of esters is 5. The summed E-state index contributed by atoms with van der Waals surface area (Å²) < 4.78 is 25.5. The standard InChI is InChI=1S/C19H29NO3.C17H25NO3.C15H21NO3.C14H17NO4.2C13H18N2O2.C12H15NO3/c1-3-5-9-16(4-2)15-23-19(22)14-20-18(21)13-12-17-10-7-6-8-11-17;1-3-5-9-14(4-2)13-21-16(19)12-18-17(20)15-10-7-6-8-11-15;1-11(2)9-12(3)19-14(17)10-16-15(18)13-7-5-4-6-8-13;1-10(2)19-13(17)9-15(11(3)16)14(18)12-7-5-4-6-8-12;1-3-15(4-2)12(16)10-14-13(17)11-8-6-5-7-9-11;1-2-3-9-14-12(16)10-15-13(17)11-7-5-4-6-8-11;1-9(2)16-11(14)8-13-12(15)10-6-4-3-5-7-10/h6-8,10-11,16H,3-5,9,12-15H2,1-2H3,(H,20,21);6-8,10-11,14H,3-5,9,12-13H2,1-2H3,(H,18,20);4-8,11-12H,9-10H2,1-3H3,(H,16,18);4-8,10H,9H2,1-3H3;5-9H,3-4,10H2,1-2H3,(H,14,17);4-8H,2-3,9-10H2,1H3,(H,14,16)(H,15,17);3-7,9H,8H2,1-2H3,(H,13,15). The molecular formula is C103H143N9O20. The predicted octanol–water partition coefficient (Wildman–Crippen LogP) is 14.7. The van der Waals surface area contributed by atoms with Gasteiger partial charge in [-0.25, -0.2) is 0 Å². The summed E-state index contributed by atoms with van der Waals surface area (Å²) in [5, 5.41) is 18.2. The normalized spacial score (nSPS) is 10.8. The fraction of sp³-hybridized carbons (Fsp3) is 0.447. The van der Waals surface area contributed by atoms with Crippen molar-refractivity contribution in [3.8, 4) is 0 Å². The first kappa shape index (κ1) is 117. The first-order chi connectivity index (χ1) is 63.2. The molecule has 7 rings (SSSR count). The van der Waals surface area contributed by atoms with Gasteiger partial charge in [-0.3, -0.25) is 76.8 Å². The second-order valence-corrected chi connectivity index (χ2v) is 31.3. The van der Waals surface area contributed by atoms with Crippen LogP contribution >= 0.6 is 0 Å². The van der Waals surface area contributed by atoms with Gasteiger partial charge in [0.15, 0.2) is 0 Å². The van der Waals surface area contributed by atoms with E-state index >= 15 is 0 Å². The van der Waals surface area contributed by atoms with Crippen LogP contribution in [-0.2, 0) is 73.3 Å². The molecule has 0 radical (unpaired) electrons. The van der Waals surface area contributed by atoms with Crippen molar-refractivity contribution in [1.29, 1.82) is 0 Å². The van der Waals surface area contributed by atoms with E-state index in [0.29, 0.717) is 96.8 Å². The number of aryl methyl sites for hydroxylation is 1. The lowest BCUT2D eigenvalue weighted by Crippen LogP contribution is -2.40. The van der Waals surface area contributed by atoms with E-state index in [1.165, 1.54) is 6.92 Å². The summed E-state index contributed by atoms with van der Waals surface area (Å²) >= 11 is 0. The van der Waals surface area contributed by atoms with E-state index in [0.717, 1.165) is 81.1 Å². The highest BCUT2D eigenvalue weighted by molar-refractivity contribution is 6.06. The Bertz CT molecular complexity index is 4450. The minimum absolute atomic E-state index is 0.0252. The molecule has 3 unspecified atom stereocenters. The van der Waals surface area contributed by atoms with Crippen LogP contribution in [-0.4, -0.2) is 196 Å². The van der Waals surface area contributed by atoms with Crippen LogP contribution in [0.4, 0.5) is 0 Å². The van der Waals surface area contributed by atoms with E-state index in [9.17, 15) is 71.9 Å². The topological polar surface area (TPSA) is 393 Å². The number of nitrogens with zero attached hydrogens (tertiary/aromatic N) is 2. The molecule has 132 heavy (non-hydrogen) atoms. The van der Waals surface area contributed by atoms with Gasteiger partial charge in [-0.2, -0.15) is 0 Å². The highest BCUT2D eigenvalue weighted by Crippen LogP contribution is 2.16. The van der Waals surface area contributed by atoms with E-state index in [4.69, 9.17) is 23.7 Å². The first-order valence-electron chi connectivity index (χ1n) is 45.5. The molecule has 3 atom stereocenters. The molecule has 0 saturated heterocycles. The molecule has 10 amide bonds. The Morgan fingerprint density at radius 2 is 0.667 bits per heavy atom. The molecule has 7 N–H and O–H groups in total. The third-order valence-corrected chi connectivity index (χ3v) is 18.9. The van der Waals surface area contributed by atoms with Gasteiger partial charge in [0.2, 0.25) is 23.6 Å². The van der Waals surface area contributed by atoms with Gasteiger partial charge in [-0.05, 0) is 177 Å². The maximum atomic E-state index is 12.1. The fourth-order valence-electron chi connectivity index (χ4n) is 11.6. The number of hydrogen-bond acceptors (Lipinski definition) is 20. The lowest BCUT2D eigenvalue weighted by atomic mass is 10.0. The van der Waals surface area contributed by atoms with Crippen molar-refractivity contribution in [2.75, 3.05) is 78.7 Å². The average molecular weight is 1830 g/mol. The second-order valence-electron chi connectivity index (χ2n) is 31.3. The van der Waals surface area contributed by atoms with Crippen molar-refractivity contribution in [3.05, 3.63) is 251 Å². The zero-order valence-electron chi connectivity index (χ0n) is 79.9. The quantitative estimate of drug-likeness (QED) is 0.0106. The minimum atomic E-state index is -0.602. The number of amides is 10. The summed E-state index contributed by atoms with van der Waals surface area (Å²) in [5.41, 5.74) is 4.21. The van der Waals surface area contributed by atoms with Crippen molar-refractivity contribution in [2.45, 2.75) is 206 Å². The number of nitrogens with one attached hydrogen (secondary N) is 7. The van der Waals surface area contributed by atoms with Crippen molar-refractivity contribution in [1.82, 2.24) is 47.0 Å². The van der Waals surface area contributed by atoms with Crippen molar-refractivity contribution in [2.24, 2.45) is 17.8 Å². The Labute approximate surface area is 780 Å². The number of benzene rings is 7. The number of likely N-dealkylation sites (N-methyl/N-ethyl adjacent to an activating group) is 1. The number of rotatable bonds is 45. The van der Waals surface area contributed by atoms with Gasteiger partial charge >= 0.3 is 29.8 Å². The number of hydrogen-bond donors (Lipinski definition) is 7. The van der Waals surface area contributed by atoms with Crippen LogP contribution in [0.2, 0.25) is 0 Å². The van der Waals surface area contributed by atoms with E-state index in [1.807, 2.05) is 81.4 Å². The molecule has 7 aromatic carbocycles. The highest BCUT2D eigenvalue weighted by atomic mass is 16.6. The first-order valence-corrected chi connectivity index (χ1v) is 45.5. The monoisotopic (exact) mass is 1830 g/mol. The Hall–Kier alpha value is -13.2. The van der Waals surface area contributed by atoms with E-state index in [-0.39, 0.29) is 123 Å². The fourth-order valence-corrected chi connectivity index (χ4v) is 11.6. The Balaban J connectivity index is 0.000000772. The van der Waals surface area contributed by atoms with E-state index in [1.54, 1.807) is 184 Å². The van der Waals surface area contributed by atoms with Crippen LogP contribution in [0.5, 0.6) is 0 Å². The third-order valence-electron chi connectivity index (χ3n) is 18.9. The van der Waals surface area contributed by atoms with Crippen molar-refractivity contribution >= 4 is 88.9 Å². The minimum Gasteiger partial charge on any atom is -0.464 e. The summed E-state index contributed by atoms with van der Waals surface area (Å²) in [6.07, 6.45) is 12.1. The number of ether oxygens (including phenoxy) is 5. The van der Waals surface area contributed by atoms with Crippen molar-refractivity contribution in [3.63, 3.8) is 0 Å². The molecular weight excluding hydrogens is 1680 g/mol. The second kappa shape index (κ2) is 72.6. The Morgan fingerprint density at radius 1 is 0.341 bits per heavy atom. The van der Waals surface area contributed by atoms with Gasteiger partial charge < -0.3 is 65.8 Å². The molecule has 0 heterocycles. The van der Waals surface area contributed by atoms with Crippen molar-refractivity contribution < 1.29 is 95.6 Å². The molecule has 0 bridgehead atoms. The molecule has 720 valence electrons. The van der Waals surface area contributed by atoms with Crippen LogP contribution < -0.4 is 37.2 Å². The van der Waals surface area contributed by atoms with Gasteiger partial charge in [0.25, 0.3) is 35.4 Å². The number of unbranched alkanes of at least 4 members (excludes halogenated alkanes) is 3. The van der Waals surface area contributed by atoms with Gasteiger partial charge in [-0.15, -0.1) is 0 Å². The number of carbonyl (C=O) groups is 15. The smallest absolute Gasteiger partial charge is 0.326 e. The zero-order valence-corrected chi connectivity index (χ0v) is 79.9. The molecule has 7 aromatic rings. The zero-order chi connectivity index (χ0) is 98.2. The molecule has 29 nitrogen and oxygen atoms in total. The Kier molecular flexibility index (Phi) is 64.2. The van der Waals surface area contributed by atoms with E-state index < -0.39 is 29.7 Å². The summed E-state index contributed by atoms with van der Waals surface area (Å²) in [7, 11) is 0. The van der Waals surface area contributed by atoms with Crippen LogP contribution in [0.25, 0.3) is 0 Å². The Morgan fingerprint density at radius 3 is 1.01 bits per heavy atom. The van der Waals surface area contributed by atoms with Crippen LogP contribution in [0.15, 0.2) is 212 Å². The molecule has 0 aliphatic carbocycles. The predicted molar refractivity (Wildman–Crippen MR) is 512 cm³/mol. The molecule has 0 aliphatic heterocycles. The number of imide groups is 1. The van der Waals surface area contributed by atoms with Gasteiger partial charge in [0.05, 0.1) is 44.6 Å². The summed E-state index contributed by atoms with van der Waals surface area (Å²) in [6.45, 7) is 30.8. The summed E-state index contributed by atoms with van der Waals surface area (Å²) in [5.74, 6) is -3.43. The molecule has 29 heteroatoms. The number of carbonyl (C=O) groups excluding carboxylic acids is 15. The maximum Gasteiger partial charge on any atom is 0.326 e. The van der Waals surface area contributed by atoms with Crippen LogP contribution in [0.3, 0.4) is 0 Å². The third kappa shape index (κ3) is 57.7. The van der Waals surface area contributed by atoms with Gasteiger partial charge in [0, 0.05) is 66.4 Å². The molecule has 0 fully saturated rings. The average Bonchev–Trinajstić information content (AvgIpc) is 0.853.